The third-order valence-corrected chi connectivity index (χ3v) is 3.60. The van der Waals surface area contributed by atoms with Crippen molar-refractivity contribution in [3.8, 4) is 0 Å². The van der Waals surface area contributed by atoms with Crippen molar-refractivity contribution >= 4 is 11.7 Å². The molecular formula is C15H21FN2O3. The van der Waals surface area contributed by atoms with Crippen LogP contribution in [0.4, 0.5) is 14.9 Å². The second-order valence-corrected chi connectivity index (χ2v) is 5.07. The van der Waals surface area contributed by atoms with Crippen molar-refractivity contribution in [1.29, 1.82) is 0 Å². The van der Waals surface area contributed by atoms with Crippen LogP contribution < -0.4 is 5.32 Å². The lowest BCUT2D eigenvalue weighted by Crippen LogP contribution is -2.50. The lowest BCUT2D eigenvalue weighted by atomic mass is 10.1. The molecule has 0 spiro atoms. The molecule has 1 fully saturated rings. The van der Waals surface area contributed by atoms with Crippen LogP contribution in [0.2, 0.25) is 0 Å². The first kappa shape index (κ1) is 15.7. The Kier molecular flexibility index (Phi) is 5.52. The number of carbonyl (C=O) groups is 1. The molecule has 21 heavy (non-hydrogen) atoms. The van der Waals surface area contributed by atoms with E-state index in [-0.39, 0.29) is 17.8 Å². The van der Waals surface area contributed by atoms with Crippen molar-refractivity contribution < 1.29 is 18.7 Å². The molecule has 1 saturated heterocycles. The SMILES string of the molecule is COCC[C@@H]1COCCN1C(=O)Nc1c(C)cccc1F. The highest BCUT2D eigenvalue weighted by molar-refractivity contribution is 5.90. The smallest absolute Gasteiger partial charge is 0.322 e. The van der Waals surface area contributed by atoms with Crippen LogP contribution in [0, 0.1) is 12.7 Å². The summed E-state index contributed by atoms with van der Waals surface area (Å²) >= 11 is 0. The average Bonchev–Trinajstić information content (AvgIpc) is 2.49. The fourth-order valence-electron chi connectivity index (χ4n) is 2.38. The maximum Gasteiger partial charge on any atom is 0.322 e. The first-order valence-corrected chi connectivity index (χ1v) is 7.03. The van der Waals surface area contributed by atoms with E-state index in [4.69, 9.17) is 9.47 Å². The Morgan fingerprint density at radius 2 is 2.38 bits per heavy atom. The molecule has 6 heteroatoms. The van der Waals surface area contributed by atoms with Crippen LogP contribution in [0.5, 0.6) is 0 Å². The zero-order valence-electron chi connectivity index (χ0n) is 12.4. The van der Waals surface area contributed by atoms with E-state index in [1.165, 1.54) is 6.07 Å². The molecule has 2 rings (SSSR count). The van der Waals surface area contributed by atoms with E-state index in [9.17, 15) is 9.18 Å². The standard InChI is InChI=1S/C15H21FN2O3/c1-11-4-3-5-13(16)14(11)17-15(19)18-7-9-21-10-12(18)6-8-20-2/h3-5,12H,6-10H2,1-2H3,(H,17,19)/t12-/m1/s1. The number of rotatable bonds is 4. The molecule has 1 aliphatic rings. The molecule has 0 unspecified atom stereocenters. The van der Waals surface area contributed by atoms with Crippen molar-refractivity contribution in [1.82, 2.24) is 4.90 Å². The molecule has 1 N–H and O–H groups in total. The summed E-state index contributed by atoms with van der Waals surface area (Å²) in [5.74, 6) is -0.426. The van der Waals surface area contributed by atoms with Gasteiger partial charge in [0, 0.05) is 20.3 Å². The molecule has 5 nitrogen and oxygen atoms in total. The number of urea groups is 1. The van der Waals surface area contributed by atoms with Crippen LogP contribution in [0.1, 0.15) is 12.0 Å². The number of methoxy groups -OCH3 is 1. The zero-order chi connectivity index (χ0) is 15.2. The van der Waals surface area contributed by atoms with Crippen molar-refractivity contribution in [2.75, 3.05) is 38.8 Å². The molecule has 2 amide bonds. The number of aryl methyl sites for hydroxylation is 1. The highest BCUT2D eigenvalue weighted by atomic mass is 19.1. The fraction of sp³-hybridized carbons (Fsp3) is 0.533. The minimum absolute atomic E-state index is 0.0502. The van der Waals surface area contributed by atoms with Crippen LogP contribution in [0.3, 0.4) is 0 Å². The maximum absolute atomic E-state index is 13.8. The van der Waals surface area contributed by atoms with E-state index >= 15 is 0 Å². The third-order valence-electron chi connectivity index (χ3n) is 3.60. The van der Waals surface area contributed by atoms with Crippen LogP contribution in [0.25, 0.3) is 0 Å². The number of ether oxygens (including phenoxy) is 2. The number of amides is 2. The molecule has 1 heterocycles. The molecule has 1 aromatic rings. The number of hydrogen-bond acceptors (Lipinski definition) is 3. The van der Waals surface area contributed by atoms with Gasteiger partial charge < -0.3 is 19.7 Å². The van der Waals surface area contributed by atoms with E-state index in [0.717, 1.165) is 0 Å². The van der Waals surface area contributed by atoms with Gasteiger partial charge in [0.05, 0.1) is 24.9 Å². The first-order valence-electron chi connectivity index (χ1n) is 7.03. The maximum atomic E-state index is 13.8. The monoisotopic (exact) mass is 296 g/mol. The van der Waals surface area contributed by atoms with E-state index < -0.39 is 5.82 Å². The Morgan fingerprint density at radius 1 is 1.57 bits per heavy atom. The minimum atomic E-state index is -0.426. The van der Waals surface area contributed by atoms with Gasteiger partial charge in [0.1, 0.15) is 5.82 Å². The average molecular weight is 296 g/mol. The van der Waals surface area contributed by atoms with Crippen LogP contribution >= 0.6 is 0 Å². The van der Waals surface area contributed by atoms with Crippen molar-refractivity contribution in [2.24, 2.45) is 0 Å². The first-order chi connectivity index (χ1) is 10.1. The Labute approximate surface area is 124 Å². The third kappa shape index (κ3) is 3.92. The topological polar surface area (TPSA) is 50.8 Å². The zero-order valence-corrected chi connectivity index (χ0v) is 12.4. The summed E-state index contributed by atoms with van der Waals surface area (Å²) < 4.78 is 24.3. The lowest BCUT2D eigenvalue weighted by molar-refractivity contribution is 0.00448. The van der Waals surface area contributed by atoms with Crippen molar-refractivity contribution in [3.05, 3.63) is 29.6 Å². The van der Waals surface area contributed by atoms with E-state index in [2.05, 4.69) is 5.32 Å². The highest BCUT2D eigenvalue weighted by Crippen LogP contribution is 2.20. The Morgan fingerprint density at radius 3 is 3.10 bits per heavy atom. The summed E-state index contributed by atoms with van der Waals surface area (Å²) in [7, 11) is 1.62. The predicted octanol–water partition coefficient (Wildman–Crippen LogP) is 2.40. The molecule has 1 aromatic carbocycles. The van der Waals surface area contributed by atoms with E-state index in [1.807, 2.05) is 0 Å². The summed E-state index contributed by atoms with van der Waals surface area (Å²) in [5, 5.41) is 2.67. The number of anilines is 1. The molecule has 0 saturated carbocycles. The van der Waals surface area contributed by atoms with E-state index in [0.29, 0.717) is 38.3 Å². The van der Waals surface area contributed by atoms with Gasteiger partial charge in [-0.1, -0.05) is 12.1 Å². The highest BCUT2D eigenvalue weighted by Gasteiger charge is 2.27. The van der Waals surface area contributed by atoms with Crippen LogP contribution in [-0.4, -0.2) is 50.4 Å². The number of morpholine rings is 1. The van der Waals surface area contributed by atoms with Crippen LogP contribution in [0.15, 0.2) is 18.2 Å². The Hall–Kier alpha value is -1.66. The van der Waals surface area contributed by atoms with Gasteiger partial charge in [-0.2, -0.15) is 0 Å². The van der Waals surface area contributed by atoms with Gasteiger partial charge in [-0.05, 0) is 25.0 Å². The molecule has 1 atom stereocenters. The molecule has 0 bridgehead atoms. The van der Waals surface area contributed by atoms with Gasteiger partial charge in [-0.3, -0.25) is 0 Å². The van der Waals surface area contributed by atoms with Crippen LogP contribution in [-0.2, 0) is 9.47 Å². The van der Waals surface area contributed by atoms with Crippen molar-refractivity contribution in [3.63, 3.8) is 0 Å². The summed E-state index contributed by atoms with van der Waals surface area (Å²) in [6.07, 6.45) is 0.695. The van der Waals surface area contributed by atoms with Gasteiger partial charge in [0.15, 0.2) is 0 Å². The predicted molar refractivity (Wildman–Crippen MR) is 78.0 cm³/mol. The Balaban J connectivity index is 2.07. The van der Waals surface area contributed by atoms with Gasteiger partial charge >= 0.3 is 6.03 Å². The Bertz CT molecular complexity index is 476. The quantitative estimate of drug-likeness (QED) is 0.928. The molecule has 0 aromatic heterocycles. The second kappa shape index (κ2) is 7.38. The molecule has 0 radical (unpaired) electrons. The summed E-state index contributed by atoms with van der Waals surface area (Å²) in [5.41, 5.74) is 0.935. The number of benzene rings is 1. The number of halogens is 1. The number of nitrogens with one attached hydrogen (secondary N) is 1. The minimum Gasteiger partial charge on any atom is -0.385 e. The summed E-state index contributed by atoms with van der Waals surface area (Å²) in [6.45, 7) is 3.78. The van der Waals surface area contributed by atoms with Gasteiger partial charge in [-0.25, -0.2) is 9.18 Å². The van der Waals surface area contributed by atoms with E-state index in [1.54, 1.807) is 31.1 Å². The molecule has 0 aliphatic carbocycles. The normalized spacial score (nSPS) is 18.6. The van der Waals surface area contributed by atoms with Gasteiger partial charge in [-0.15, -0.1) is 0 Å². The number of para-hydroxylation sites is 1. The van der Waals surface area contributed by atoms with Gasteiger partial charge in [0.2, 0.25) is 0 Å². The van der Waals surface area contributed by atoms with Crippen molar-refractivity contribution in [2.45, 2.75) is 19.4 Å². The molecule has 116 valence electrons. The second-order valence-electron chi connectivity index (χ2n) is 5.07. The molecule has 1 aliphatic heterocycles. The largest absolute Gasteiger partial charge is 0.385 e. The summed E-state index contributed by atoms with van der Waals surface area (Å²) in [4.78, 5) is 14.1. The number of nitrogens with zero attached hydrogens (tertiary/aromatic N) is 1. The number of carbonyl (C=O) groups excluding carboxylic acids is 1. The fourth-order valence-corrected chi connectivity index (χ4v) is 2.38. The number of hydrogen-bond donors (Lipinski definition) is 1. The summed E-state index contributed by atoms with van der Waals surface area (Å²) in [6, 6.07) is 4.37. The molecular weight excluding hydrogens is 275 g/mol. The van der Waals surface area contributed by atoms with Gasteiger partial charge in [0.25, 0.3) is 0 Å². The lowest BCUT2D eigenvalue weighted by Gasteiger charge is -2.35.